The Bertz CT molecular complexity index is 727. The fourth-order valence-electron chi connectivity index (χ4n) is 2.27. The van der Waals surface area contributed by atoms with Crippen molar-refractivity contribution in [2.45, 2.75) is 65.6 Å². The normalized spacial score (nSPS) is 11.2. The number of hydrogen-bond acceptors (Lipinski definition) is 6. The molecule has 10 heteroatoms. The Morgan fingerprint density at radius 1 is 0.656 bits per heavy atom. The van der Waals surface area contributed by atoms with E-state index in [9.17, 15) is 19.2 Å². The fraction of sp³-hybridized carbons (Fsp3) is 0.545. The number of ether oxygens (including phenoxy) is 2. The first-order valence-corrected chi connectivity index (χ1v) is 10.4. The fourth-order valence-corrected chi connectivity index (χ4v) is 2.27. The number of rotatable bonds is 8. The second kappa shape index (κ2) is 11.9. The summed E-state index contributed by atoms with van der Waals surface area (Å²) in [4.78, 5) is 47.1. The van der Waals surface area contributed by atoms with Gasteiger partial charge in [-0.3, -0.25) is 9.59 Å². The van der Waals surface area contributed by atoms with Gasteiger partial charge in [-0.25, -0.2) is 9.59 Å². The van der Waals surface area contributed by atoms with Gasteiger partial charge in [0.15, 0.2) is 0 Å². The number of anilines is 2. The first-order valence-electron chi connectivity index (χ1n) is 10.4. The van der Waals surface area contributed by atoms with E-state index in [2.05, 4.69) is 21.3 Å². The smallest absolute Gasteiger partial charge is 0.407 e. The van der Waals surface area contributed by atoms with Crippen LogP contribution in [0.15, 0.2) is 24.3 Å². The van der Waals surface area contributed by atoms with Crippen molar-refractivity contribution in [3.63, 3.8) is 0 Å². The van der Waals surface area contributed by atoms with Crippen molar-refractivity contribution in [2.75, 3.05) is 23.7 Å². The summed E-state index contributed by atoms with van der Waals surface area (Å²) in [5, 5.41) is 10.4. The van der Waals surface area contributed by atoms with Crippen LogP contribution < -0.4 is 21.3 Å². The lowest BCUT2D eigenvalue weighted by molar-refractivity contribution is -0.117. The van der Waals surface area contributed by atoms with E-state index in [0.29, 0.717) is 11.4 Å². The largest absolute Gasteiger partial charge is 0.444 e. The Morgan fingerprint density at radius 3 is 1.25 bits per heavy atom. The molecule has 0 aliphatic carbocycles. The van der Waals surface area contributed by atoms with Gasteiger partial charge >= 0.3 is 12.2 Å². The number of alkyl carbamates (subject to hydrolysis) is 2. The predicted molar refractivity (Wildman–Crippen MR) is 121 cm³/mol. The number of hydrogen-bond donors (Lipinski definition) is 4. The SMILES string of the molecule is CC(C)(C)OC(=O)NCCC(=O)Nc1ccc(NC(=O)CCNC(=O)OC(C)(C)C)cc1. The number of carbonyl (C=O) groups excluding carboxylic acids is 4. The first kappa shape index (κ1) is 26.7. The lowest BCUT2D eigenvalue weighted by Gasteiger charge is -2.19. The highest BCUT2D eigenvalue weighted by atomic mass is 16.6. The van der Waals surface area contributed by atoms with Gasteiger partial charge in [-0.15, -0.1) is 0 Å². The van der Waals surface area contributed by atoms with Gasteiger partial charge in [0, 0.05) is 37.3 Å². The molecule has 0 aliphatic rings. The second-order valence-electron chi connectivity index (χ2n) is 9.03. The maximum absolute atomic E-state index is 12.0. The van der Waals surface area contributed by atoms with Crippen LogP contribution in [-0.2, 0) is 19.1 Å². The molecule has 0 spiro atoms. The van der Waals surface area contributed by atoms with Crippen LogP contribution in [0.2, 0.25) is 0 Å². The Hall–Kier alpha value is -3.30. The van der Waals surface area contributed by atoms with Crippen molar-refractivity contribution in [3.05, 3.63) is 24.3 Å². The highest BCUT2D eigenvalue weighted by molar-refractivity contribution is 5.93. The molecule has 0 radical (unpaired) electrons. The summed E-state index contributed by atoms with van der Waals surface area (Å²) in [6, 6.07) is 6.59. The van der Waals surface area contributed by atoms with E-state index >= 15 is 0 Å². The van der Waals surface area contributed by atoms with Crippen molar-refractivity contribution in [3.8, 4) is 0 Å². The molecule has 0 saturated carbocycles. The molecular weight excluding hydrogens is 416 g/mol. The molecule has 1 aromatic rings. The maximum atomic E-state index is 12.0. The number of benzene rings is 1. The molecule has 1 rings (SSSR count). The molecule has 0 aromatic heterocycles. The van der Waals surface area contributed by atoms with Crippen LogP contribution >= 0.6 is 0 Å². The monoisotopic (exact) mass is 450 g/mol. The van der Waals surface area contributed by atoms with E-state index < -0.39 is 23.4 Å². The molecule has 0 bridgehead atoms. The summed E-state index contributed by atoms with van der Waals surface area (Å²) < 4.78 is 10.2. The lowest BCUT2D eigenvalue weighted by atomic mass is 10.2. The van der Waals surface area contributed by atoms with E-state index in [0.717, 1.165) is 0 Å². The van der Waals surface area contributed by atoms with Gasteiger partial charge in [0.2, 0.25) is 11.8 Å². The number of amides is 4. The molecule has 0 heterocycles. The zero-order chi connectivity index (χ0) is 24.4. The van der Waals surface area contributed by atoms with Crippen molar-refractivity contribution < 1.29 is 28.7 Å². The van der Waals surface area contributed by atoms with Gasteiger partial charge in [-0.05, 0) is 65.8 Å². The summed E-state index contributed by atoms with van der Waals surface area (Å²) in [5.74, 6) is -0.544. The number of carbonyl (C=O) groups is 4. The molecule has 0 unspecified atom stereocenters. The van der Waals surface area contributed by atoms with Crippen LogP contribution in [0.3, 0.4) is 0 Å². The van der Waals surface area contributed by atoms with Crippen LogP contribution in [0.4, 0.5) is 21.0 Å². The highest BCUT2D eigenvalue weighted by Crippen LogP contribution is 2.14. The minimum absolute atomic E-state index is 0.0857. The van der Waals surface area contributed by atoms with E-state index in [4.69, 9.17) is 9.47 Å². The quantitative estimate of drug-likeness (QED) is 0.479. The third-order valence-corrected chi connectivity index (χ3v) is 3.49. The summed E-state index contributed by atoms with van der Waals surface area (Å²) >= 11 is 0. The summed E-state index contributed by atoms with van der Waals surface area (Å²) in [6.07, 6.45) is -0.983. The molecule has 10 nitrogen and oxygen atoms in total. The van der Waals surface area contributed by atoms with Gasteiger partial charge in [0.25, 0.3) is 0 Å². The van der Waals surface area contributed by atoms with Crippen molar-refractivity contribution in [1.82, 2.24) is 10.6 Å². The van der Waals surface area contributed by atoms with Crippen molar-refractivity contribution in [2.24, 2.45) is 0 Å². The molecule has 4 amide bonds. The van der Waals surface area contributed by atoms with Gasteiger partial charge in [0.05, 0.1) is 0 Å². The van der Waals surface area contributed by atoms with Gasteiger partial charge in [-0.2, -0.15) is 0 Å². The molecule has 32 heavy (non-hydrogen) atoms. The predicted octanol–water partition coefficient (Wildman–Crippen LogP) is 3.39. The zero-order valence-electron chi connectivity index (χ0n) is 19.6. The average molecular weight is 451 g/mol. The van der Waals surface area contributed by atoms with Gasteiger partial charge in [-0.1, -0.05) is 0 Å². The summed E-state index contributed by atoms with van der Waals surface area (Å²) in [5.41, 5.74) is -0.0929. The van der Waals surface area contributed by atoms with Crippen LogP contribution in [0.25, 0.3) is 0 Å². The van der Waals surface area contributed by atoms with E-state index in [1.807, 2.05) is 0 Å². The minimum atomic E-state index is -0.599. The molecular formula is C22H34N4O6. The molecule has 0 saturated heterocycles. The zero-order valence-corrected chi connectivity index (χ0v) is 19.6. The molecule has 178 valence electrons. The lowest BCUT2D eigenvalue weighted by Crippen LogP contribution is -2.34. The minimum Gasteiger partial charge on any atom is -0.444 e. The topological polar surface area (TPSA) is 135 Å². The Labute approximate surface area is 188 Å². The maximum Gasteiger partial charge on any atom is 0.407 e. The third-order valence-electron chi connectivity index (χ3n) is 3.49. The van der Waals surface area contributed by atoms with E-state index in [1.54, 1.807) is 65.8 Å². The molecule has 4 N–H and O–H groups in total. The van der Waals surface area contributed by atoms with E-state index in [1.165, 1.54) is 0 Å². The third kappa shape index (κ3) is 13.1. The van der Waals surface area contributed by atoms with Crippen LogP contribution in [0, 0.1) is 0 Å². The average Bonchev–Trinajstić information content (AvgIpc) is 2.60. The van der Waals surface area contributed by atoms with Crippen molar-refractivity contribution >= 4 is 35.4 Å². The first-order chi connectivity index (χ1) is 14.7. The van der Waals surface area contributed by atoms with Gasteiger partial charge < -0.3 is 30.7 Å². The van der Waals surface area contributed by atoms with E-state index in [-0.39, 0.29) is 37.7 Å². The number of nitrogens with one attached hydrogen (secondary N) is 4. The molecule has 0 atom stereocenters. The van der Waals surface area contributed by atoms with Crippen LogP contribution in [-0.4, -0.2) is 48.3 Å². The van der Waals surface area contributed by atoms with Crippen molar-refractivity contribution in [1.29, 1.82) is 0 Å². The Kier molecular flexibility index (Phi) is 9.96. The molecule has 0 aliphatic heterocycles. The standard InChI is InChI=1S/C22H34N4O6/c1-21(2,3)31-19(29)23-13-11-17(27)25-15-7-9-16(10-8-15)26-18(28)12-14-24-20(30)32-22(4,5)6/h7-10H,11-14H2,1-6H3,(H,23,29)(H,24,30)(H,25,27)(H,26,28). The summed E-state index contributed by atoms with van der Waals surface area (Å²) in [6.45, 7) is 10.8. The summed E-state index contributed by atoms with van der Waals surface area (Å²) in [7, 11) is 0. The molecule has 1 aromatic carbocycles. The Balaban J connectivity index is 2.32. The molecule has 0 fully saturated rings. The highest BCUT2D eigenvalue weighted by Gasteiger charge is 2.17. The second-order valence-corrected chi connectivity index (χ2v) is 9.03. The van der Waals surface area contributed by atoms with Crippen LogP contribution in [0.5, 0.6) is 0 Å². The van der Waals surface area contributed by atoms with Gasteiger partial charge in [0.1, 0.15) is 11.2 Å². The Morgan fingerprint density at radius 2 is 0.969 bits per heavy atom. The van der Waals surface area contributed by atoms with Crippen LogP contribution in [0.1, 0.15) is 54.4 Å².